The molecule has 5 heteroatoms. The Morgan fingerprint density at radius 2 is 2.36 bits per heavy atom. The summed E-state index contributed by atoms with van der Waals surface area (Å²) in [6.07, 6.45) is 6.38. The van der Waals surface area contributed by atoms with Crippen LogP contribution < -0.4 is 11.2 Å². The molecule has 1 rings (SSSR count). The van der Waals surface area contributed by atoms with Crippen LogP contribution in [0.3, 0.4) is 0 Å². The van der Waals surface area contributed by atoms with E-state index in [9.17, 15) is 9.59 Å². The third kappa shape index (κ3) is 2.92. The van der Waals surface area contributed by atoms with Crippen LogP contribution in [0.4, 0.5) is 0 Å². The molecule has 0 bridgehead atoms. The Morgan fingerprint density at radius 1 is 1.57 bits per heavy atom. The summed E-state index contributed by atoms with van der Waals surface area (Å²) in [5, 5.41) is 0. The molecule has 1 N–H and O–H groups in total. The summed E-state index contributed by atoms with van der Waals surface area (Å²) in [5.74, 6) is 2.31. The van der Waals surface area contributed by atoms with Gasteiger partial charge in [-0.2, -0.15) is 0 Å². The number of ether oxygens (including phenoxy) is 1. The molecule has 0 unspecified atom stereocenters. The number of nitrogens with zero attached hydrogens (tertiary/aromatic N) is 1. The number of nitrogens with one attached hydrogen (secondary N) is 1. The van der Waals surface area contributed by atoms with E-state index in [1.165, 1.54) is 16.8 Å². The van der Waals surface area contributed by atoms with Crippen molar-refractivity contribution in [1.29, 1.82) is 0 Å². The minimum absolute atomic E-state index is 0.220. The average Bonchev–Trinajstić information content (AvgIpc) is 2.15. The highest BCUT2D eigenvalue weighted by atomic mass is 16.5. The first-order valence-electron chi connectivity index (χ1n) is 4.05. The maximum atomic E-state index is 11.1. The van der Waals surface area contributed by atoms with Crippen molar-refractivity contribution in [3.05, 3.63) is 33.1 Å². The number of aromatic nitrogens is 2. The molecule has 0 saturated heterocycles. The number of aromatic amines is 1. The van der Waals surface area contributed by atoms with Crippen LogP contribution >= 0.6 is 0 Å². The van der Waals surface area contributed by atoms with Gasteiger partial charge in [0.05, 0.1) is 13.2 Å². The van der Waals surface area contributed by atoms with Gasteiger partial charge in [0.2, 0.25) is 0 Å². The number of rotatable bonds is 4. The maximum absolute atomic E-state index is 11.1. The van der Waals surface area contributed by atoms with E-state index in [-0.39, 0.29) is 6.61 Å². The SMILES string of the molecule is C#CCOCCn1ccc(=O)[nH]c1=O. The van der Waals surface area contributed by atoms with Gasteiger partial charge in [-0.1, -0.05) is 5.92 Å². The van der Waals surface area contributed by atoms with E-state index in [0.29, 0.717) is 13.2 Å². The van der Waals surface area contributed by atoms with Gasteiger partial charge >= 0.3 is 5.69 Å². The zero-order valence-corrected chi connectivity index (χ0v) is 7.53. The summed E-state index contributed by atoms with van der Waals surface area (Å²) in [5.41, 5.74) is -0.849. The zero-order chi connectivity index (χ0) is 10.4. The van der Waals surface area contributed by atoms with Gasteiger partial charge in [-0.15, -0.1) is 6.42 Å². The van der Waals surface area contributed by atoms with Crippen molar-refractivity contribution >= 4 is 0 Å². The van der Waals surface area contributed by atoms with Gasteiger partial charge in [-0.25, -0.2) is 4.79 Å². The average molecular weight is 194 g/mol. The van der Waals surface area contributed by atoms with Crippen molar-refractivity contribution in [1.82, 2.24) is 9.55 Å². The molecular weight excluding hydrogens is 184 g/mol. The smallest absolute Gasteiger partial charge is 0.328 e. The molecule has 14 heavy (non-hydrogen) atoms. The number of H-pyrrole nitrogens is 1. The van der Waals surface area contributed by atoms with E-state index in [4.69, 9.17) is 11.2 Å². The molecule has 0 saturated carbocycles. The molecular formula is C9H10N2O3. The van der Waals surface area contributed by atoms with Crippen molar-refractivity contribution in [3.63, 3.8) is 0 Å². The first-order valence-corrected chi connectivity index (χ1v) is 4.05. The summed E-state index contributed by atoms with van der Waals surface area (Å²) in [6, 6.07) is 1.28. The summed E-state index contributed by atoms with van der Waals surface area (Å²) in [6.45, 7) is 0.936. The van der Waals surface area contributed by atoms with Gasteiger partial charge in [-0.3, -0.25) is 14.3 Å². The van der Waals surface area contributed by atoms with Crippen molar-refractivity contribution in [2.45, 2.75) is 6.54 Å². The monoisotopic (exact) mass is 194 g/mol. The van der Waals surface area contributed by atoms with Crippen LogP contribution in [0.2, 0.25) is 0 Å². The number of terminal acetylenes is 1. The lowest BCUT2D eigenvalue weighted by molar-refractivity contribution is 0.156. The van der Waals surface area contributed by atoms with E-state index < -0.39 is 11.2 Å². The molecule has 5 nitrogen and oxygen atoms in total. The van der Waals surface area contributed by atoms with Crippen molar-refractivity contribution in [2.24, 2.45) is 0 Å². The summed E-state index contributed by atoms with van der Waals surface area (Å²) < 4.78 is 6.33. The largest absolute Gasteiger partial charge is 0.367 e. The number of hydrogen-bond donors (Lipinski definition) is 1. The molecule has 0 aromatic carbocycles. The van der Waals surface area contributed by atoms with Crippen molar-refractivity contribution in [3.8, 4) is 12.3 Å². The molecule has 0 fully saturated rings. The first kappa shape index (κ1) is 10.3. The standard InChI is InChI=1S/C9H10N2O3/c1-2-6-14-7-5-11-4-3-8(12)10-9(11)13/h1,3-4H,5-7H2,(H,10,12,13). The predicted octanol–water partition coefficient (Wildman–Crippen LogP) is -0.814. The molecule has 1 aromatic heterocycles. The van der Waals surface area contributed by atoms with Gasteiger partial charge in [0.15, 0.2) is 0 Å². The summed E-state index contributed by atoms with van der Waals surface area (Å²) in [7, 11) is 0. The fraction of sp³-hybridized carbons (Fsp3) is 0.333. The Balaban J connectivity index is 2.56. The lowest BCUT2D eigenvalue weighted by Gasteiger charge is -2.03. The lowest BCUT2D eigenvalue weighted by atomic mass is 10.6. The minimum atomic E-state index is -0.443. The molecule has 0 amide bonds. The van der Waals surface area contributed by atoms with Gasteiger partial charge in [0.25, 0.3) is 5.56 Å². The quantitative estimate of drug-likeness (QED) is 0.503. The normalized spacial score (nSPS) is 9.64. The topological polar surface area (TPSA) is 64.1 Å². The van der Waals surface area contributed by atoms with Crippen LogP contribution in [-0.2, 0) is 11.3 Å². The molecule has 0 spiro atoms. The Morgan fingerprint density at radius 3 is 3.00 bits per heavy atom. The Bertz CT molecular complexity index is 438. The molecule has 0 aliphatic heterocycles. The van der Waals surface area contributed by atoms with Crippen LogP contribution in [0.1, 0.15) is 0 Å². The van der Waals surface area contributed by atoms with Gasteiger partial charge < -0.3 is 4.74 Å². The Hall–Kier alpha value is -1.80. The highest BCUT2D eigenvalue weighted by Crippen LogP contribution is 1.79. The highest BCUT2D eigenvalue weighted by Gasteiger charge is 1.95. The molecule has 0 radical (unpaired) electrons. The fourth-order valence-corrected chi connectivity index (χ4v) is 0.914. The van der Waals surface area contributed by atoms with Crippen LogP contribution in [0.25, 0.3) is 0 Å². The zero-order valence-electron chi connectivity index (χ0n) is 7.53. The highest BCUT2D eigenvalue weighted by molar-refractivity contribution is 4.83. The minimum Gasteiger partial charge on any atom is -0.367 e. The maximum Gasteiger partial charge on any atom is 0.328 e. The van der Waals surface area contributed by atoms with Gasteiger partial charge in [0.1, 0.15) is 6.61 Å². The third-order valence-electron chi connectivity index (χ3n) is 1.56. The molecule has 1 aromatic rings. The second-order valence-corrected chi connectivity index (χ2v) is 2.56. The predicted molar refractivity (Wildman–Crippen MR) is 51.0 cm³/mol. The van der Waals surface area contributed by atoms with E-state index in [2.05, 4.69) is 10.9 Å². The molecule has 1 heterocycles. The van der Waals surface area contributed by atoms with Gasteiger partial charge in [0, 0.05) is 12.3 Å². The molecule has 0 aliphatic carbocycles. The third-order valence-corrected chi connectivity index (χ3v) is 1.56. The van der Waals surface area contributed by atoms with E-state index >= 15 is 0 Å². The van der Waals surface area contributed by atoms with Gasteiger partial charge in [-0.05, 0) is 0 Å². The van der Waals surface area contributed by atoms with Crippen LogP contribution in [0.15, 0.2) is 21.9 Å². The number of hydrogen-bond acceptors (Lipinski definition) is 3. The van der Waals surface area contributed by atoms with E-state index in [1.54, 1.807) is 0 Å². The van der Waals surface area contributed by atoms with E-state index in [0.717, 1.165) is 0 Å². The fourth-order valence-electron chi connectivity index (χ4n) is 0.914. The Kier molecular flexibility index (Phi) is 3.70. The van der Waals surface area contributed by atoms with Crippen LogP contribution in [0, 0.1) is 12.3 Å². The van der Waals surface area contributed by atoms with Crippen LogP contribution in [0.5, 0.6) is 0 Å². The first-order chi connectivity index (χ1) is 6.74. The van der Waals surface area contributed by atoms with E-state index in [1.807, 2.05) is 0 Å². The molecule has 74 valence electrons. The summed E-state index contributed by atoms with van der Waals surface area (Å²) >= 11 is 0. The summed E-state index contributed by atoms with van der Waals surface area (Å²) in [4.78, 5) is 23.9. The Labute approximate surface area is 80.3 Å². The molecule has 0 aliphatic rings. The lowest BCUT2D eigenvalue weighted by Crippen LogP contribution is -2.29. The van der Waals surface area contributed by atoms with Crippen molar-refractivity contribution in [2.75, 3.05) is 13.2 Å². The second-order valence-electron chi connectivity index (χ2n) is 2.56. The molecule has 0 atom stereocenters. The second kappa shape index (κ2) is 5.04. The van der Waals surface area contributed by atoms with Crippen LogP contribution in [-0.4, -0.2) is 22.8 Å². The van der Waals surface area contributed by atoms with Crippen molar-refractivity contribution < 1.29 is 4.74 Å².